The molecule has 118 valence electrons. The molecule has 0 fully saturated rings. The van der Waals surface area contributed by atoms with Crippen molar-refractivity contribution < 1.29 is 18.7 Å². The van der Waals surface area contributed by atoms with Crippen molar-refractivity contribution in [3.05, 3.63) is 63.4 Å². The second-order valence-corrected chi connectivity index (χ2v) is 6.09. The number of benzene rings is 2. The summed E-state index contributed by atoms with van der Waals surface area (Å²) >= 11 is 2.21. The molecule has 0 saturated heterocycles. The third-order valence-corrected chi connectivity index (χ3v) is 4.13. The molecule has 0 aliphatic carbocycles. The van der Waals surface area contributed by atoms with Crippen LogP contribution in [0.15, 0.2) is 52.9 Å². The molecular formula is C18H15IO4. The minimum Gasteiger partial charge on any atom is -0.488 e. The number of fused-ring (bicyclic) bond motifs is 1. The summed E-state index contributed by atoms with van der Waals surface area (Å²) in [4.78, 5) is 11.7. The highest BCUT2D eigenvalue weighted by molar-refractivity contribution is 14.1. The van der Waals surface area contributed by atoms with E-state index in [0.717, 1.165) is 20.3 Å². The Bertz CT molecular complexity index is 824. The summed E-state index contributed by atoms with van der Waals surface area (Å²) in [7, 11) is 0. The number of esters is 1. The minimum atomic E-state index is -0.453. The zero-order valence-corrected chi connectivity index (χ0v) is 14.7. The van der Waals surface area contributed by atoms with E-state index in [2.05, 4.69) is 22.6 Å². The third-order valence-electron chi connectivity index (χ3n) is 3.28. The highest BCUT2D eigenvalue weighted by Crippen LogP contribution is 2.30. The average molecular weight is 422 g/mol. The van der Waals surface area contributed by atoms with Crippen molar-refractivity contribution in [1.82, 2.24) is 0 Å². The van der Waals surface area contributed by atoms with Gasteiger partial charge >= 0.3 is 5.97 Å². The molecule has 0 amide bonds. The molecule has 5 heteroatoms. The number of halogens is 1. The normalized spacial score (nSPS) is 10.7. The van der Waals surface area contributed by atoms with Crippen LogP contribution in [0.25, 0.3) is 11.0 Å². The Morgan fingerprint density at radius 1 is 1.17 bits per heavy atom. The Hall–Kier alpha value is -2.02. The van der Waals surface area contributed by atoms with Gasteiger partial charge in [0.1, 0.15) is 17.9 Å². The first-order valence-electron chi connectivity index (χ1n) is 7.24. The molecule has 3 rings (SSSR count). The smallest absolute Gasteiger partial charge is 0.374 e. The van der Waals surface area contributed by atoms with E-state index in [0.29, 0.717) is 18.8 Å². The van der Waals surface area contributed by atoms with Crippen molar-refractivity contribution in [2.45, 2.75) is 13.5 Å². The Labute approximate surface area is 147 Å². The van der Waals surface area contributed by atoms with E-state index in [1.165, 1.54) is 0 Å². The van der Waals surface area contributed by atoms with Gasteiger partial charge in [-0.2, -0.15) is 0 Å². The summed E-state index contributed by atoms with van der Waals surface area (Å²) in [5.41, 5.74) is 1.70. The SMILES string of the molecule is CCOC(=O)c1cc2cc(I)c(OCc3ccccc3)cc2o1. The molecule has 3 aromatic rings. The fraction of sp³-hybridized carbons (Fsp3) is 0.167. The third kappa shape index (κ3) is 3.67. The van der Waals surface area contributed by atoms with Crippen LogP contribution in [0.2, 0.25) is 0 Å². The van der Waals surface area contributed by atoms with Crippen LogP contribution in [-0.2, 0) is 11.3 Å². The van der Waals surface area contributed by atoms with Gasteiger partial charge in [-0.25, -0.2) is 4.79 Å². The van der Waals surface area contributed by atoms with Gasteiger partial charge in [0.25, 0.3) is 0 Å². The summed E-state index contributed by atoms with van der Waals surface area (Å²) in [6, 6.07) is 15.4. The van der Waals surface area contributed by atoms with Crippen molar-refractivity contribution >= 4 is 39.5 Å². The van der Waals surface area contributed by atoms with Crippen molar-refractivity contribution in [1.29, 1.82) is 0 Å². The highest BCUT2D eigenvalue weighted by atomic mass is 127. The molecular weight excluding hydrogens is 407 g/mol. The molecule has 0 unspecified atom stereocenters. The van der Waals surface area contributed by atoms with Crippen molar-refractivity contribution in [2.75, 3.05) is 6.61 Å². The molecule has 0 aliphatic rings. The standard InChI is InChI=1S/C18H15IO4/c1-2-21-18(20)17-9-13-8-14(19)16(10-15(13)23-17)22-11-12-6-4-3-5-7-12/h3-10H,2,11H2,1H3. The Kier molecular flexibility index (Phi) is 4.85. The molecule has 1 aromatic heterocycles. The van der Waals surface area contributed by atoms with Gasteiger partial charge in [-0.1, -0.05) is 30.3 Å². The second kappa shape index (κ2) is 7.04. The van der Waals surface area contributed by atoms with Crippen LogP contribution in [0, 0.1) is 3.57 Å². The van der Waals surface area contributed by atoms with Crippen molar-refractivity contribution in [3.63, 3.8) is 0 Å². The van der Waals surface area contributed by atoms with Gasteiger partial charge in [0, 0.05) is 11.5 Å². The summed E-state index contributed by atoms with van der Waals surface area (Å²) in [6.07, 6.45) is 0. The number of hydrogen-bond donors (Lipinski definition) is 0. The summed E-state index contributed by atoms with van der Waals surface area (Å²) in [5.74, 6) is 0.482. The zero-order chi connectivity index (χ0) is 16.2. The van der Waals surface area contributed by atoms with E-state index < -0.39 is 5.97 Å². The number of carbonyl (C=O) groups is 1. The quantitative estimate of drug-likeness (QED) is 0.438. The number of rotatable bonds is 5. The maximum Gasteiger partial charge on any atom is 0.374 e. The molecule has 0 N–H and O–H groups in total. The molecule has 4 nitrogen and oxygen atoms in total. The average Bonchev–Trinajstić information content (AvgIpc) is 2.96. The number of carbonyl (C=O) groups excluding carboxylic acids is 1. The number of ether oxygens (including phenoxy) is 2. The van der Waals surface area contributed by atoms with E-state index in [-0.39, 0.29) is 5.76 Å². The van der Waals surface area contributed by atoms with Crippen LogP contribution >= 0.6 is 22.6 Å². The van der Waals surface area contributed by atoms with E-state index in [1.807, 2.05) is 42.5 Å². The van der Waals surface area contributed by atoms with Crippen LogP contribution < -0.4 is 4.74 Å². The number of hydrogen-bond acceptors (Lipinski definition) is 4. The zero-order valence-electron chi connectivity index (χ0n) is 12.5. The topological polar surface area (TPSA) is 48.7 Å². The Morgan fingerprint density at radius 2 is 1.96 bits per heavy atom. The first-order chi connectivity index (χ1) is 11.2. The molecule has 0 spiro atoms. The van der Waals surface area contributed by atoms with Crippen LogP contribution in [0.1, 0.15) is 23.0 Å². The minimum absolute atomic E-state index is 0.206. The monoisotopic (exact) mass is 422 g/mol. The summed E-state index contributed by atoms with van der Waals surface area (Å²) in [5, 5.41) is 0.851. The first-order valence-corrected chi connectivity index (χ1v) is 8.32. The van der Waals surface area contributed by atoms with Gasteiger partial charge < -0.3 is 13.9 Å². The van der Waals surface area contributed by atoms with Gasteiger partial charge in [-0.15, -0.1) is 0 Å². The molecule has 0 radical (unpaired) electrons. The maximum absolute atomic E-state index is 11.7. The van der Waals surface area contributed by atoms with Gasteiger partial charge in [0.2, 0.25) is 5.76 Å². The molecule has 0 atom stereocenters. The van der Waals surface area contributed by atoms with Gasteiger partial charge in [0.15, 0.2) is 0 Å². The van der Waals surface area contributed by atoms with Crippen molar-refractivity contribution in [3.8, 4) is 5.75 Å². The molecule has 2 aromatic carbocycles. The predicted octanol–water partition coefficient (Wildman–Crippen LogP) is 4.79. The van der Waals surface area contributed by atoms with Gasteiger partial charge in [0.05, 0.1) is 10.2 Å². The lowest BCUT2D eigenvalue weighted by atomic mass is 10.2. The number of furan rings is 1. The Balaban J connectivity index is 1.84. The molecule has 0 aliphatic heterocycles. The van der Waals surface area contributed by atoms with Crippen LogP contribution in [-0.4, -0.2) is 12.6 Å². The highest BCUT2D eigenvalue weighted by Gasteiger charge is 2.15. The fourth-order valence-corrected chi connectivity index (χ4v) is 2.84. The lowest BCUT2D eigenvalue weighted by Gasteiger charge is -2.08. The molecule has 0 bridgehead atoms. The summed E-state index contributed by atoms with van der Waals surface area (Å²) in [6.45, 7) is 2.56. The van der Waals surface area contributed by atoms with Crippen LogP contribution in [0.4, 0.5) is 0 Å². The second-order valence-electron chi connectivity index (χ2n) is 4.93. The van der Waals surface area contributed by atoms with Crippen LogP contribution in [0.5, 0.6) is 5.75 Å². The largest absolute Gasteiger partial charge is 0.488 e. The molecule has 0 saturated carbocycles. The van der Waals surface area contributed by atoms with E-state index in [1.54, 1.807) is 13.0 Å². The first kappa shape index (κ1) is 15.9. The van der Waals surface area contributed by atoms with E-state index in [4.69, 9.17) is 13.9 Å². The Morgan fingerprint density at radius 3 is 2.70 bits per heavy atom. The van der Waals surface area contributed by atoms with Gasteiger partial charge in [-0.05, 0) is 47.2 Å². The molecule has 23 heavy (non-hydrogen) atoms. The van der Waals surface area contributed by atoms with Crippen molar-refractivity contribution in [2.24, 2.45) is 0 Å². The van der Waals surface area contributed by atoms with E-state index >= 15 is 0 Å². The lowest BCUT2D eigenvalue weighted by Crippen LogP contribution is -2.02. The van der Waals surface area contributed by atoms with E-state index in [9.17, 15) is 4.79 Å². The lowest BCUT2D eigenvalue weighted by molar-refractivity contribution is 0.0492. The van der Waals surface area contributed by atoms with Crippen LogP contribution in [0.3, 0.4) is 0 Å². The fourth-order valence-electron chi connectivity index (χ4n) is 2.19. The summed E-state index contributed by atoms with van der Waals surface area (Å²) < 4.78 is 17.4. The van der Waals surface area contributed by atoms with Gasteiger partial charge in [-0.3, -0.25) is 0 Å². The molecule has 1 heterocycles. The predicted molar refractivity (Wildman–Crippen MR) is 95.7 cm³/mol. The maximum atomic E-state index is 11.7.